The number of carbonyl (C=O) groups is 1. The summed E-state index contributed by atoms with van der Waals surface area (Å²) in [6, 6.07) is 5.51. The van der Waals surface area contributed by atoms with Gasteiger partial charge in [-0.15, -0.1) is 13.2 Å². The molecule has 0 saturated heterocycles. The van der Waals surface area contributed by atoms with E-state index in [2.05, 4.69) is 34.1 Å². The summed E-state index contributed by atoms with van der Waals surface area (Å²) in [5, 5.41) is 0. The number of hydrogen-bond acceptors (Lipinski definition) is 8. The summed E-state index contributed by atoms with van der Waals surface area (Å²) in [6.07, 6.45) is -3.60. The SMILES string of the molecule is C=CCOP(=O)(OCC=C)OCC(Oc1ccc(F)c(C(N)=O)c1F)c1nc(-c2ccc(C(F)(F)F)cc2)c(Br)o1. The van der Waals surface area contributed by atoms with Crippen LogP contribution in [-0.2, 0) is 24.3 Å². The van der Waals surface area contributed by atoms with Crippen LogP contribution < -0.4 is 10.5 Å². The second-order valence-corrected chi connectivity index (χ2v) is 10.3. The molecule has 0 spiro atoms. The quantitative estimate of drug-likeness (QED) is 0.109. The van der Waals surface area contributed by atoms with E-state index in [0.717, 1.165) is 36.4 Å². The van der Waals surface area contributed by atoms with Crippen molar-refractivity contribution in [3.63, 3.8) is 0 Å². The third-order valence-corrected chi connectivity index (χ3v) is 6.95. The van der Waals surface area contributed by atoms with Gasteiger partial charge in [0.05, 0.1) is 18.8 Å². The maximum Gasteiger partial charge on any atom is 0.475 e. The monoisotopic (exact) mass is 666 g/mol. The lowest BCUT2D eigenvalue weighted by atomic mass is 10.1. The molecule has 16 heteroatoms. The van der Waals surface area contributed by atoms with Crippen molar-refractivity contribution in [3.05, 3.63) is 95.0 Å². The van der Waals surface area contributed by atoms with E-state index in [0.29, 0.717) is 0 Å². The number of amides is 1. The average Bonchev–Trinajstić information content (AvgIpc) is 3.30. The number of carbonyl (C=O) groups excluding carboxylic acids is 1. The Kier molecular flexibility index (Phi) is 10.6. The van der Waals surface area contributed by atoms with Crippen LogP contribution in [0.5, 0.6) is 5.75 Å². The number of rotatable bonds is 14. The zero-order chi connectivity index (χ0) is 30.4. The Morgan fingerprint density at radius 3 is 2.22 bits per heavy atom. The fraction of sp³-hybridized carbons (Fsp3) is 0.200. The summed E-state index contributed by atoms with van der Waals surface area (Å²) in [5.41, 5.74) is 3.29. The van der Waals surface area contributed by atoms with Crippen molar-refractivity contribution in [1.82, 2.24) is 4.98 Å². The Labute approximate surface area is 238 Å². The average molecular weight is 667 g/mol. The van der Waals surface area contributed by atoms with Crippen molar-refractivity contribution in [3.8, 4) is 17.0 Å². The van der Waals surface area contributed by atoms with E-state index < -0.39 is 61.1 Å². The predicted octanol–water partition coefficient (Wildman–Crippen LogP) is 7.15. The Hall–Kier alpha value is -3.36. The van der Waals surface area contributed by atoms with E-state index in [1.54, 1.807) is 0 Å². The number of ether oxygens (including phenoxy) is 1. The zero-order valence-corrected chi connectivity index (χ0v) is 23.3. The minimum absolute atomic E-state index is 0.0220. The van der Waals surface area contributed by atoms with Crippen molar-refractivity contribution in [2.45, 2.75) is 12.3 Å². The van der Waals surface area contributed by atoms with Crippen LogP contribution in [-0.4, -0.2) is 30.7 Å². The predicted molar refractivity (Wildman–Crippen MR) is 139 cm³/mol. The smallest absolute Gasteiger partial charge is 0.475 e. The van der Waals surface area contributed by atoms with Crippen molar-refractivity contribution in [2.24, 2.45) is 5.73 Å². The lowest BCUT2D eigenvalue weighted by Crippen LogP contribution is -2.19. The van der Waals surface area contributed by atoms with Gasteiger partial charge in [-0.2, -0.15) is 13.2 Å². The van der Waals surface area contributed by atoms with Gasteiger partial charge < -0.3 is 14.9 Å². The first-order chi connectivity index (χ1) is 19.3. The third kappa shape index (κ3) is 8.11. The first-order valence-corrected chi connectivity index (χ1v) is 13.6. The molecule has 0 aliphatic carbocycles. The van der Waals surface area contributed by atoms with Crippen LogP contribution in [0.3, 0.4) is 0 Å². The largest absolute Gasteiger partial charge is 0.475 e. The molecule has 0 radical (unpaired) electrons. The number of oxazole rings is 1. The van der Waals surface area contributed by atoms with Crippen LogP contribution in [0.1, 0.15) is 27.9 Å². The van der Waals surface area contributed by atoms with Crippen molar-refractivity contribution in [2.75, 3.05) is 19.8 Å². The van der Waals surface area contributed by atoms with Crippen molar-refractivity contribution >= 4 is 29.7 Å². The van der Waals surface area contributed by atoms with Crippen LogP contribution in [0.4, 0.5) is 22.0 Å². The number of nitrogens with zero attached hydrogens (tertiary/aromatic N) is 1. The third-order valence-electron chi connectivity index (χ3n) is 5.02. The number of benzene rings is 2. The molecule has 3 aromatic rings. The van der Waals surface area contributed by atoms with Crippen LogP contribution in [0.15, 0.2) is 70.8 Å². The summed E-state index contributed by atoms with van der Waals surface area (Å²) < 4.78 is 108. The van der Waals surface area contributed by atoms with Gasteiger partial charge in [0.2, 0.25) is 5.89 Å². The molecule has 0 bridgehead atoms. The number of halogens is 6. The van der Waals surface area contributed by atoms with Gasteiger partial charge in [-0.3, -0.25) is 18.4 Å². The van der Waals surface area contributed by atoms with Crippen LogP contribution in [0, 0.1) is 11.6 Å². The van der Waals surface area contributed by atoms with E-state index in [9.17, 15) is 31.3 Å². The minimum atomic E-state index is -4.57. The number of aromatic nitrogens is 1. The van der Waals surface area contributed by atoms with E-state index in [1.165, 1.54) is 12.2 Å². The van der Waals surface area contributed by atoms with Gasteiger partial charge in [0, 0.05) is 5.56 Å². The molecule has 0 aliphatic heterocycles. The molecule has 0 saturated carbocycles. The number of alkyl halides is 3. The molecule has 1 heterocycles. The number of hydrogen-bond donors (Lipinski definition) is 1. The molecular formula is C25H21BrF5N2O7P. The van der Waals surface area contributed by atoms with Gasteiger partial charge in [-0.1, -0.05) is 24.3 Å². The summed E-state index contributed by atoms with van der Waals surface area (Å²) in [6.45, 7) is 5.63. The molecule has 1 amide bonds. The number of primary amides is 1. The Morgan fingerprint density at radius 2 is 1.68 bits per heavy atom. The summed E-state index contributed by atoms with van der Waals surface area (Å²) in [5.74, 6) is -5.16. The highest BCUT2D eigenvalue weighted by Crippen LogP contribution is 2.50. The molecule has 9 nitrogen and oxygen atoms in total. The second-order valence-electron chi connectivity index (χ2n) is 7.87. The lowest BCUT2D eigenvalue weighted by Gasteiger charge is -2.21. The van der Waals surface area contributed by atoms with E-state index in [-0.39, 0.29) is 35.0 Å². The highest BCUT2D eigenvalue weighted by molar-refractivity contribution is 9.10. The van der Waals surface area contributed by atoms with Gasteiger partial charge >= 0.3 is 14.0 Å². The fourth-order valence-electron chi connectivity index (χ4n) is 3.17. The summed E-state index contributed by atoms with van der Waals surface area (Å²) in [4.78, 5) is 15.8. The van der Waals surface area contributed by atoms with Gasteiger partial charge in [0.25, 0.3) is 5.91 Å². The molecule has 1 unspecified atom stereocenters. The first-order valence-electron chi connectivity index (χ1n) is 11.3. The van der Waals surface area contributed by atoms with E-state index >= 15 is 0 Å². The number of phosphoric ester groups is 1. The molecule has 41 heavy (non-hydrogen) atoms. The Balaban J connectivity index is 2.01. The van der Waals surface area contributed by atoms with Crippen molar-refractivity contribution < 1.29 is 54.0 Å². The number of phosphoric acid groups is 1. The molecule has 0 fully saturated rings. The molecule has 220 valence electrons. The number of nitrogens with two attached hydrogens (primary N) is 1. The fourth-order valence-corrected chi connectivity index (χ4v) is 4.77. The molecule has 2 aromatic carbocycles. The topological polar surface area (TPSA) is 123 Å². The second kappa shape index (κ2) is 13.5. The Morgan fingerprint density at radius 1 is 1.07 bits per heavy atom. The zero-order valence-electron chi connectivity index (χ0n) is 20.8. The molecule has 3 rings (SSSR count). The molecule has 1 aromatic heterocycles. The minimum Gasteiger partial charge on any atom is -0.475 e. The Bertz CT molecular complexity index is 1450. The van der Waals surface area contributed by atoms with E-state index in [4.69, 9.17) is 28.5 Å². The van der Waals surface area contributed by atoms with Gasteiger partial charge in [-0.05, 0) is 40.2 Å². The molecule has 2 N–H and O–H groups in total. The van der Waals surface area contributed by atoms with Crippen LogP contribution in [0.25, 0.3) is 11.3 Å². The highest BCUT2D eigenvalue weighted by atomic mass is 79.9. The van der Waals surface area contributed by atoms with Crippen LogP contribution >= 0.6 is 23.8 Å². The molecule has 0 aliphatic rings. The highest BCUT2D eigenvalue weighted by Gasteiger charge is 2.33. The van der Waals surface area contributed by atoms with Gasteiger partial charge in [-0.25, -0.2) is 18.3 Å². The first kappa shape index (κ1) is 32.2. The lowest BCUT2D eigenvalue weighted by molar-refractivity contribution is -0.137. The summed E-state index contributed by atoms with van der Waals surface area (Å²) >= 11 is 3.12. The van der Waals surface area contributed by atoms with Crippen molar-refractivity contribution in [1.29, 1.82) is 0 Å². The maximum absolute atomic E-state index is 15.0. The van der Waals surface area contributed by atoms with E-state index in [1.807, 2.05) is 0 Å². The molecule has 1 atom stereocenters. The maximum atomic E-state index is 15.0. The van der Waals surface area contributed by atoms with Crippen LogP contribution in [0.2, 0.25) is 0 Å². The molecular weight excluding hydrogens is 646 g/mol. The summed E-state index contributed by atoms with van der Waals surface area (Å²) in [7, 11) is -4.30. The van der Waals surface area contributed by atoms with Gasteiger partial charge in [0.15, 0.2) is 22.3 Å². The normalized spacial score (nSPS) is 12.6. The van der Waals surface area contributed by atoms with Gasteiger partial charge in [0.1, 0.15) is 23.7 Å². The standard InChI is InChI=1S/C25H21BrF5N2O7P/c1-3-11-36-41(35,37-12-4-2)38-13-18(39-17-10-9-16(27)19(20(17)28)23(32)34)24-33-21(22(26)40-24)14-5-7-15(8-6-14)25(29,30)31/h3-10,18H,1-2,11-13H2,(H2,32,34).